The molecule has 3 nitrogen and oxygen atoms in total. The van der Waals surface area contributed by atoms with Crippen molar-refractivity contribution < 1.29 is 4.74 Å². The Labute approximate surface area is 131 Å². The van der Waals surface area contributed by atoms with E-state index in [-0.39, 0.29) is 5.41 Å². The number of ether oxygens (including phenoxy) is 1. The van der Waals surface area contributed by atoms with E-state index in [9.17, 15) is 0 Å². The average Bonchev–Trinajstić information content (AvgIpc) is 2.38. The first-order valence-electron chi connectivity index (χ1n) is 6.99. The summed E-state index contributed by atoms with van der Waals surface area (Å²) >= 11 is 6.23. The molecule has 0 N–H and O–H groups in total. The van der Waals surface area contributed by atoms with E-state index >= 15 is 0 Å². The van der Waals surface area contributed by atoms with E-state index in [2.05, 4.69) is 43.7 Å². The molecule has 0 spiro atoms. The number of benzene rings is 1. The summed E-state index contributed by atoms with van der Waals surface area (Å²) in [6.07, 6.45) is 0. The molecule has 1 aromatic heterocycles. The van der Waals surface area contributed by atoms with E-state index in [1.807, 2.05) is 26.0 Å². The van der Waals surface area contributed by atoms with Gasteiger partial charge in [0.1, 0.15) is 16.7 Å². The third kappa shape index (κ3) is 3.35. The second-order valence-corrected chi connectivity index (χ2v) is 6.68. The van der Waals surface area contributed by atoms with Gasteiger partial charge < -0.3 is 4.74 Å². The molecule has 0 unspecified atom stereocenters. The first-order chi connectivity index (χ1) is 9.70. The zero-order chi connectivity index (χ0) is 15.8. The van der Waals surface area contributed by atoms with Gasteiger partial charge in [0.15, 0.2) is 0 Å². The second-order valence-electron chi connectivity index (χ2n) is 6.32. The Morgan fingerprint density at radius 1 is 1.00 bits per heavy atom. The van der Waals surface area contributed by atoms with Crippen LogP contribution in [0.15, 0.2) is 18.2 Å². The molecule has 0 bridgehead atoms. The summed E-state index contributed by atoms with van der Waals surface area (Å²) in [6, 6.07) is 5.97. The summed E-state index contributed by atoms with van der Waals surface area (Å²) < 4.78 is 6.00. The van der Waals surface area contributed by atoms with Gasteiger partial charge in [0.25, 0.3) is 0 Å². The third-order valence-corrected chi connectivity index (χ3v) is 3.84. The van der Waals surface area contributed by atoms with Crippen molar-refractivity contribution in [2.75, 3.05) is 0 Å². The summed E-state index contributed by atoms with van der Waals surface area (Å²) in [6.45, 7) is 12.1. The summed E-state index contributed by atoms with van der Waals surface area (Å²) in [5.41, 5.74) is 2.85. The van der Waals surface area contributed by atoms with Crippen LogP contribution < -0.4 is 4.74 Å². The van der Waals surface area contributed by atoms with Gasteiger partial charge in [-0.3, -0.25) is 0 Å². The highest BCUT2D eigenvalue weighted by molar-refractivity contribution is 6.30. The first-order valence-corrected chi connectivity index (χ1v) is 7.36. The Morgan fingerprint density at radius 3 is 2.29 bits per heavy atom. The molecule has 2 rings (SSSR count). The number of aromatic nitrogens is 2. The average molecular weight is 305 g/mol. The Bertz CT molecular complexity index is 675. The maximum atomic E-state index is 6.23. The van der Waals surface area contributed by atoms with Crippen LogP contribution in [0.3, 0.4) is 0 Å². The van der Waals surface area contributed by atoms with Gasteiger partial charge in [-0.1, -0.05) is 44.5 Å². The lowest BCUT2D eigenvalue weighted by molar-refractivity contribution is 0.439. The van der Waals surface area contributed by atoms with Gasteiger partial charge in [-0.15, -0.1) is 0 Å². The smallest absolute Gasteiger partial charge is 0.227 e. The van der Waals surface area contributed by atoms with Gasteiger partial charge in [-0.05, 0) is 38.0 Å². The van der Waals surface area contributed by atoms with Crippen molar-refractivity contribution in [3.8, 4) is 11.6 Å². The predicted octanol–water partition coefficient (Wildman–Crippen LogP) is 5.15. The molecule has 0 radical (unpaired) electrons. The molecule has 0 aliphatic rings. The fourth-order valence-electron chi connectivity index (χ4n) is 1.84. The summed E-state index contributed by atoms with van der Waals surface area (Å²) in [7, 11) is 0. The number of rotatable bonds is 2. The van der Waals surface area contributed by atoms with Crippen molar-refractivity contribution in [2.24, 2.45) is 0 Å². The van der Waals surface area contributed by atoms with Crippen LogP contribution in [0.25, 0.3) is 0 Å². The minimum absolute atomic E-state index is 0.183. The Kier molecular flexibility index (Phi) is 4.24. The number of nitrogens with zero attached hydrogens (tertiary/aromatic N) is 2. The Hall–Kier alpha value is -1.61. The van der Waals surface area contributed by atoms with Gasteiger partial charge in [-0.25, -0.2) is 4.98 Å². The lowest BCUT2D eigenvalue weighted by Gasteiger charge is -2.19. The normalized spacial score (nSPS) is 11.6. The molecule has 4 heteroatoms. The van der Waals surface area contributed by atoms with Gasteiger partial charge in [0, 0.05) is 11.0 Å². The molecule has 0 fully saturated rings. The largest absolute Gasteiger partial charge is 0.438 e. The fraction of sp³-hybridized carbons (Fsp3) is 0.412. The maximum absolute atomic E-state index is 6.23. The molecule has 0 aliphatic carbocycles. The summed E-state index contributed by atoms with van der Waals surface area (Å²) in [4.78, 5) is 8.91. The van der Waals surface area contributed by atoms with Crippen LogP contribution in [-0.4, -0.2) is 9.97 Å². The van der Waals surface area contributed by atoms with Crippen LogP contribution in [0.4, 0.5) is 0 Å². The lowest BCUT2D eigenvalue weighted by atomic mass is 9.96. The molecule has 0 atom stereocenters. The zero-order valence-corrected chi connectivity index (χ0v) is 14.2. The molecule has 1 aromatic carbocycles. The van der Waals surface area contributed by atoms with Crippen LogP contribution in [-0.2, 0) is 5.41 Å². The topological polar surface area (TPSA) is 35.0 Å². The van der Waals surface area contributed by atoms with E-state index in [1.165, 1.54) is 5.56 Å². The predicted molar refractivity (Wildman–Crippen MR) is 86.5 cm³/mol. The van der Waals surface area contributed by atoms with Crippen LogP contribution >= 0.6 is 11.6 Å². The van der Waals surface area contributed by atoms with Crippen molar-refractivity contribution in [2.45, 2.75) is 47.0 Å². The molecule has 0 aliphatic heterocycles. The van der Waals surface area contributed by atoms with Gasteiger partial charge in [0.2, 0.25) is 5.88 Å². The highest BCUT2D eigenvalue weighted by Gasteiger charge is 2.21. The van der Waals surface area contributed by atoms with Crippen molar-refractivity contribution >= 4 is 11.6 Å². The number of hydrogen-bond donors (Lipinski definition) is 0. The minimum atomic E-state index is -0.183. The molecule has 1 heterocycles. The fourth-order valence-corrected chi connectivity index (χ4v) is 2.00. The summed E-state index contributed by atoms with van der Waals surface area (Å²) in [5, 5.41) is 0.440. The molecule has 0 saturated heterocycles. The molecule has 0 saturated carbocycles. The maximum Gasteiger partial charge on any atom is 0.227 e. The van der Waals surface area contributed by atoms with Crippen molar-refractivity contribution in [1.29, 1.82) is 0 Å². The molecule has 112 valence electrons. The van der Waals surface area contributed by atoms with Gasteiger partial charge in [0.05, 0.1) is 0 Å². The standard InChI is InChI=1S/C17H21ClN2O/c1-10-8-7-9-13(11(10)2)21-15-12(3)14(18)19-16(20-15)17(4,5)6/h7-9H,1-6H3. The Morgan fingerprint density at radius 2 is 1.67 bits per heavy atom. The monoisotopic (exact) mass is 304 g/mol. The molecule has 0 amide bonds. The Balaban J connectivity index is 2.49. The third-order valence-electron chi connectivity index (χ3n) is 3.47. The van der Waals surface area contributed by atoms with Gasteiger partial charge >= 0.3 is 0 Å². The van der Waals surface area contributed by atoms with Crippen molar-refractivity contribution in [3.63, 3.8) is 0 Å². The van der Waals surface area contributed by atoms with E-state index in [4.69, 9.17) is 16.3 Å². The number of hydrogen-bond acceptors (Lipinski definition) is 3. The molecular formula is C17H21ClN2O. The second kappa shape index (κ2) is 5.64. The molecular weight excluding hydrogens is 284 g/mol. The van der Waals surface area contributed by atoms with Gasteiger partial charge in [-0.2, -0.15) is 4.98 Å². The van der Waals surface area contributed by atoms with E-state index < -0.39 is 0 Å². The van der Waals surface area contributed by atoms with E-state index in [1.54, 1.807) is 0 Å². The van der Waals surface area contributed by atoms with Crippen LogP contribution in [0.5, 0.6) is 11.6 Å². The SMILES string of the molecule is Cc1cccc(Oc2nc(C(C)(C)C)nc(Cl)c2C)c1C. The van der Waals surface area contributed by atoms with Crippen molar-refractivity contribution in [1.82, 2.24) is 9.97 Å². The first kappa shape index (κ1) is 15.8. The zero-order valence-electron chi connectivity index (χ0n) is 13.4. The quantitative estimate of drug-likeness (QED) is 0.720. The highest BCUT2D eigenvalue weighted by atomic mass is 35.5. The van der Waals surface area contributed by atoms with Crippen molar-refractivity contribution in [3.05, 3.63) is 45.9 Å². The van der Waals surface area contributed by atoms with Crippen LogP contribution in [0.2, 0.25) is 5.15 Å². The van der Waals surface area contributed by atoms with E-state index in [0.29, 0.717) is 16.9 Å². The molecule has 2 aromatic rings. The number of aryl methyl sites for hydroxylation is 1. The lowest BCUT2D eigenvalue weighted by Crippen LogP contribution is -2.17. The van der Waals surface area contributed by atoms with Crippen LogP contribution in [0, 0.1) is 20.8 Å². The van der Waals surface area contributed by atoms with E-state index in [0.717, 1.165) is 16.9 Å². The van der Waals surface area contributed by atoms with Crippen LogP contribution in [0.1, 0.15) is 43.3 Å². The minimum Gasteiger partial charge on any atom is -0.438 e. The molecule has 21 heavy (non-hydrogen) atoms. The highest BCUT2D eigenvalue weighted by Crippen LogP contribution is 2.32. The number of halogens is 1. The summed E-state index contributed by atoms with van der Waals surface area (Å²) in [5.74, 6) is 2.00.